The highest BCUT2D eigenvalue weighted by Crippen LogP contribution is 2.32. The quantitative estimate of drug-likeness (QED) is 0.769. The summed E-state index contributed by atoms with van der Waals surface area (Å²) >= 11 is 1.53. The fraction of sp³-hybridized carbons (Fsp3) is 0.214. The normalized spacial score (nSPS) is 10.5. The molecule has 0 amide bonds. The van der Waals surface area contributed by atoms with Gasteiger partial charge in [-0.3, -0.25) is 4.79 Å². The van der Waals surface area contributed by atoms with Gasteiger partial charge in [0, 0.05) is 12.0 Å². The summed E-state index contributed by atoms with van der Waals surface area (Å²) in [7, 11) is 1.69. The Morgan fingerprint density at radius 1 is 1.35 bits per heavy atom. The molecule has 0 fully saturated rings. The van der Waals surface area contributed by atoms with Gasteiger partial charge in [0.25, 0.3) is 0 Å². The van der Waals surface area contributed by atoms with Crippen LogP contribution in [0.2, 0.25) is 0 Å². The summed E-state index contributed by atoms with van der Waals surface area (Å²) < 4.78 is 5.12. The molecule has 0 aliphatic carbocycles. The molecular weight excluding hydrogens is 232 g/mol. The summed E-state index contributed by atoms with van der Waals surface area (Å²) in [4.78, 5) is 12.7. The highest BCUT2D eigenvalue weighted by molar-refractivity contribution is 7.17. The molecule has 2 nitrogen and oxygen atoms in total. The second-order valence-electron chi connectivity index (χ2n) is 3.91. The van der Waals surface area contributed by atoms with Gasteiger partial charge in [0.05, 0.1) is 11.5 Å². The van der Waals surface area contributed by atoms with Crippen molar-refractivity contribution in [3.8, 4) is 10.4 Å². The molecule has 0 radical (unpaired) electrons. The lowest BCUT2D eigenvalue weighted by molar-refractivity contribution is 0.112. The SMILES string of the molecule is COCc1cccc(-c2sc(C=O)cc2C)c1. The van der Waals surface area contributed by atoms with Gasteiger partial charge in [-0.15, -0.1) is 11.3 Å². The van der Waals surface area contributed by atoms with Gasteiger partial charge in [-0.05, 0) is 35.7 Å². The lowest BCUT2D eigenvalue weighted by Gasteiger charge is -2.03. The minimum atomic E-state index is 0.610. The Hall–Kier alpha value is -1.45. The zero-order valence-corrected chi connectivity index (χ0v) is 10.7. The van der Waals surface area contributed by atoms with Gasteiger partial charge in [0.2, 0.25) is 0 Å². The van der Waals surface area contributed by atoms with Crippen molar-refractivity contribution in [2.75, 3.05) is 7.11 Å². The van der Waals surface area contributed by atoms with Gasteiger partial charge in [-0.1, -0.05) is 18.2 Å². The molecule has 2 rings (SSSR count). The van der Waals surface area contributed by atoms with E-state index in [0.29, 0.717) is 6.61 Å². The van der Waals surface area contributed by atoms with E-state index in [1.807, 2.05) is 25.1 Å². The maximum atomic E-state index is 10.8. The summed E-state index contributed by atoms with van der Waals surface area (Å²) in [5.74, 6) is 0. The fourth-order valence-electron chi connectivity index (χ4n) is 1.82. The Morgan fingerprint density at radius 2 is 2.18 bits per heavy atom. The standard InChI is InChI=1S/C14H14O2S/c1-10-6-13(8-15)17-14(10)12-5-3-4-11(7-12)9-16-2/h3-8H,9H2,1-2H3. The van der Waals surface area contributed by atoms with Crippen LogP contribution in [0.3, 0.4) is 0 Å². The van der Waals surface area contributed by atoms with Crippen LogP contribution in [0.4, 0.5) is 0 Å². The molecule has 0 aliphatic rings. The number of hydrogen-bond acceptors (Lipinski definition) is 3. The van der Waals surface area contributed by atoms with Crippen LogP contribution in [0.5, 0.6) is 0 Å². The number of aryl methyl sites for hydroxylation is 1. The van der Waals surface area contributed by atoms with Crippen LogP contribution in [-0.2, 0) is 11.3 Å². The average Bonchev–Trinajstić information content (AvgIpc) is 2.71. The number of aldehydes is 1. The molecule has 0 atom stereocenters. The number of carbonyl (C=O) groups excluding carboxylic acids is 1. The third-order valence-corrected chi connectivity index (χ3v) is 3.76. The molecule has 17 heavy (non-hydrogen) atoms. The van der Waals surface area contributed by atoms with Crippen LogP contribution in [0.15, 0.2) is 30.3 Å². The van der Waals surface area contributed by atoms with Gasteiger partial charge < -0.3 is 4.74 Å². The zero-order valence-electron chi connectivity index (χ0n) is 9.90. The van der Waals surface area contributed by atoms with Crippen molar-refractivity contribution in [2.24, 2.45) is 0 Å². The lowest BCUT2D eigenvalue weighted by Crippen LogP contribution is -1.87. The van der Waals surface area contributed by atoms with E-state index in [4.69, 9.17) is 4.74 Å². The Bertz CT molecular complexity index is 529. The van der Waals surface area contributed by atoms with E-state index >= 15 is 0 Å². The van der Waals surface area contributed by atoms with Crippen molar-refractivity contribution >= 4 is 17.6 Å². The second kappa shape index (κ2) is 5.25. The van der Waals surface area contributed by atoms with Crippen LogP contribution in [0.1, 0.15) is 20.8 Å². The molecule has 88 valence electrons. The maximum Gasteiger partial charge on any atom is 0.160 e. The van der Waals surface area contributed by atoms with Crippen molar-refractivity contribution in [2.45, 2.75) is 13.5 Å². The number of methoxy groups -OCH3 is 1. The largest absolute Gasteiger partial charge is 0.380 e. The monoisotopic (exact) mass is 246 g/mol. The van der Waals surface area contributed by atoms with Crippen LogP contribution in [0.25, 0.3) is 10.4 Å². The summed E-state index contributed by atoms with van der Waals surface area (Å²) in [5.41, 5.74) is 3.44. The highest BCUT2D eigenvalue weighted by Gasteiger charge is 2.07. The number of benzene rings is 1. The van der Waals surface area contributed by atoms with Crippen LogP contribution in [-0.4, -0.2) is 13.4 Å². The summed E-state index contributed by atoms with van der Waals surface area (Å²) in [6.45, 7) is 2.64. The molecule has 1 aromatic carbocycles. The number of ether oxygens (including phenoxy) is 1. The predicted octanol–water partition coefficient (Wildman–Crippen LogP) is 3.68. The van der Waals surface area contributed by atoms with Gasteiger partial charge in [-0.2, -0.15) is 0 Å². The van der Waals surface area contributed by atoms with E-state index in [-0.39, 0.29) is 0 Å². The molecule has 0 aliphatic heterocycles. The van der Waals surface area contributed by atoms with Crippen molar-refractivity contribution < 1.29 is 9.53 Å². The second-order valence-corrected chi connectivity index (χ2v) is 5.00. The Morgan fingerprint density at radius 3 is 2.82 bits per heavy atom. The third kappa shape index (κ3) is 2.62. The molecule has 3 heteroatoms. The number of rotatable bonds is 4. The van der Waals surface area contributed by atoms with Crippen molar-refractivity contribution in [1.82, 2.24) is 0 Å². The summed E-state index contributed by atoms with van der Waals surface area (Å²) in [6.07, 6.45) is 0.903. The first-order valence-corrected chi connectivity index (χ1v) is 6.20. The van der Waals surface area contributed by atoms with Crippen LogP contribution >= 0.6 is 11.3 Å². The average molecular weight is 246 g/mol. The molecule has 0 spiro atoms. The number of hydrogen-bond donors (Lipinski definition) is 0. The maximum absolute atomic E-state index is 10.8. The molecule has 1 heterocycles. The zero-order chi connectivity index (χ0) is 12.3. The Labute approximate surface area is 105 Å². The van der Waals surface area contributed by atoms with E-state index in [0.717, 1.165) is 32.7 Å². The molecular formula is C14H14O2S. The third-order valence-electron chi connectivity index (χ3n) is 2.55. The first kappa shape index (κ1) is 12.0. The molecule has 0 unspecified atom stereocenters. The van der Waals surface area contributed by atoms with Crippen LogP contribution < -0.4 is 0 Å². The smallest absolute Gasteiger partial charge is 0.160 e. The molecule has 0 saturated carbocycles. The van der Waals surface area contributed by atoms with Gasteiger partial charge in [0.1, 0.15) is 0 Å². The molecule has 0 N–H and O–H groups in total. The van der Waals surface area contributed by atoms with Crippen LogP contribution in [0, 0.1) is 6.92 Å². The predicted molar refractivity (Wildman–Crippen MR) is 70.6 cm³/mol. The first-order valence-electron chi connectivity index (χ1n) is 5.38. The Kier molecular flexibility index (Phi) is 3.71. The van der Waals surface area contributed by atoms with Crippen molar-refractivity contribution in [3.05, 3.63) is 46.3 Å². The van der Waals surface area contributed by atoms with E-state index in [1.54, 1.807) is 7.11 Å². The van der Waals surface area contributed by atoms with E-state index in [9.17, 15) is 4.79 Å². The first-order chi connectivity index (χ1) is 8.24. The Balaban J connectivity index is 2.41. The minimum absolute atomic E-state index is 0.610. The van der Waals surface area contributed by atoms with E-state index in [1.165, 1.54) is 11.3 Å². The summed E-state index contributed by atoms with van der Waals surface area (Å²) in [5, 5.41) is 0. The highest BCUT2D eigenvalue weighted by atomic mass is 32.1. The molecule has 0 saturated heterocycles. The van der Waals surface area contributed by atoms with Gasteiger partial charge >= 0.3 is 0 Å². The number of carbonyl (C=O) groups is 1. The van der Waals surface area contributed by atoms with E-state index in [2.05, 4.69) is 12.1 Å². The van der Waals surface area contributed by atoms with Gasteiger partial charge in [0.15, 0.2) is 6.29 Å². The minimum Gasteiger partial charge on any atom is -0.380 e. The molecule has 1 aromatic heterocycles. The fourth-order valence-corrected chi connectivity index (χ4v) is 2.80. The molecule has 2 aromatic rings. The molecule has 0 bridgehead atoms. The summed E-state index contributed by atoms with van der Waals surface area (Å²) in [6, 6.07) is 10.2. The van der Waals surface area contributed by atoms with E-state index < -0.39 is 0 Å². The van der Waals surface area contributed by atoms with Crippen molar-refractivity contribution in [3.63, 3.8) is 0 Å². The number of thiophene rings is 1. The van der Waals surface area contributed by atoms with Gasteiger partial charge in [-0.25, -0.2) is 0 Å². The topological polar surface area (TPSA) is 26.3 Å². The lowest BCUT2D eigenvalue weighted by atomic mass is 10.1. The van der Waals surface area contributed by atoms with Crippen molar-refractivity contribution in [1.29, 1.82) is 0 Å².